The molecule has 0 bridgehead atoms. The van der Waals surface area contributed by atoms with Crippen molar-refractivity contribution in [2.24, 2.45) is 0 Å². The van der Waals surface area contributed by atoms with Gasteiger partial charge in [0.25, 0.3) is 0 Å². The normalized spacial score (nSPS) is 35.0. The molecule has 0 atom stereocenters. The van der Waals surface area contributed by atoms with E-state index in [9.17, 15) is 0 Å². The Bertz CT molecular complexity index is 45.5. The van der Waals surface area contributed by atoms with Gasteiger partial charge in [0.05, 0.1) is 0 Å². The van der Waals surface area contributed by atoms with Crippen molar-refractivity contribution in [3.8, 4) is 0 Å². The Morgan fingerprint density at radius 3 is 1.33 bits per heavy atom. The third-order valence-corrected chi connectivity index (χ3v) is 4.50. The molecule has 6 heavy (non-hydrogen) atoms. The molecular formula is C2H2P2Si2. The Hall–Kier alpha value is 1.29. The summed E-state index contributed by atoms with van der Waals surface area (Å²) in [6, 6.07) is 0. The van der Waals surface area contributed by atoms with E-state index in [1.54, 1.807) is 0 Å². The predicted octanol–water partition coefficient (Wildman–Crippen LogP) is 0.588. The molecule has 1 aliphatic heterocycles. The summed E-state index contributed by atoms with van der Waals surface area (Å²) < 4.78 is 0. The summed E-state index contributed by atoms with van der Waals surface area (Å²) in [4.78, 5) is 0. The Balaban J connectivity index is 2.11. The van der Waals surface area contributed by atoms with Crippen molar-refractivity contribution in [1.29, 1.82) is 0 Å². The first-order valence-electron chi connectivity index (χ1n) is 1.50. The molecule has 0 nitrogen and oxygen atoms in total. The first-order chi connectivity index (χ1) is 2.79. The van der Waals surface area contributed by atoms with Crippen LogP contribution in [0.1, 0.15) is 0 Å². The average Bonchev–Trinajstić information content (AvgIpc) is 1.33. The highest BCUT2D eigenvalue weighted by molar-refractivity contribution is 7.88. The molecule has 0 unspecified atom stereocenters. The molecule has 0 aromatic heterocycles. The Labute approximate surface area is 48.3 Å². The lowest BCUT2D eigenvalue weighted by atomic mass is 11.7. The van der Waals surface area contributed by atoms with Crippen LogP contribution < -0.4 is 0 Å². The zero-order valence-electron chi connectivity index (χ0n) is 3.00. The second-order valence-electron chi connectivity index (χ2n) is 1.00. The van der Waals surface area contributed by atoms with Gasteiger partial charge < -0.3 is 0 Å². The van der Waals surface area contributed by atoms with E-state index in [0.717, 1.165) is 17.2 Å². The largest absolute Gasteiger partial charge is 0.107 e. The zero-order valence-corrected chi connectivity index (χ0v) is 7.00. The number of hydrogen-bond donors (Lipinski definition) is 0. The van der Waals surface area contributed by atoms with E-state index in [1.165, 1.54) is 10.0 Å². The van der Waals surface area contributed by atoms with E-state index in [4.69, 9.17) is 0 Å². The standard InChI is InChI=1S/C2H2P2Si2/c5-1-3-2(6)4-1/h3-4H. The van der Waals surface area contributed by atoms with Crippen molar-refractivity contribution in [1.82, 2.24) is 0 Å². The Morgan fingerprint density at radius 1 is 1.00 bits per heavy atom. The molecule has 0 N–H and O–H groups in total. The van der Waals surface area contributed by atoms with Crippen LogP contribution in [0, 0.1) is 10.0 Å². The molecule has 0 spiro atoms. The third kappa shape index (κ3) is 1.13. The highest BCUT2D eigenvalue weighted by atomic mass is 31.2. The van der Waals surface area contributed by atoms with Crippen LogP contribution in [0.15, 0.2) is 0 Å². The summed E-state index contributed by atoms with van der Waals surface area (Å²) in [5, 5.41) is 2.92. The van der Waals surface area contributed by atoms with E-state index in [2.05, 4.69) is 20.5 Å². The van der Waals surface area contributed by atoms with E-state index >= 15 is 0 Å². The Kier molecular flexibility index (Phi) is 1.85. The fourth-order valence-electron chi connectivity index (χ4n) is 0.250. The van der Waals surface area contributed by atoms with E-state index in [0.29, 0.717) is 0 Å². The quantitative estimate of drug-likeness (QED) is 0.345. The molecule has 0 saturated carbocycles. The van der Waals surface area contributed by atoms with E-state index in [1.807, 2.05) is 0 Å². The molecule has 1 fully saturated rings. The second-order valence-corrected chi connectivity index (χ2v) is 7.50. The van der Waals surface area contributed by atoms with Crippen molar-refractivity contribution >= 4 is 37.6 Å². The molecule has 0 aromatic carbocycles. The smallest absolute Gasteiger partial charge is 0.0448 e. The van der Waals surface area contributed by atoms with Crippen LogP contribution in [0.4, 0.5) is 0 Å². The molecule has 1 saturated heterocycles. The van der Waals surface area contributed by atoms with Crippen LogP contribution in [-0.2, 0) is 0 Å². The highest BCUT2D eigenvalue weighted by Gasteiger charge is 2.20. The van der Waals surface area contributed by atoms with Gasteiger partial charge in [-0.15, -0.1) is 17.2 Å². The van der Waals surface area contributed by atoms with Gasteiger partial charge in [-0.2, -0.15) is 0 Å². The molecule has 1 aliphatic rings. The van der Waals surface area contributed by atoms with Crippen LogP contribution in [-0.4, -0.2) is 20.5 Å². The monoisotopic (exact) mass is 144 g/mol. The lowest BCUT2D eigenvalue weighted by Crippen LogP contribution is -1.96. The van der Waals surface area contributed by atoms with Crippen LogP contribution >= 0.6 is 17.2 Å². The molecule has 1 heterocycles. The highest BCUT2D eigenvalue weighted by Crippen LogP contribution is 2.65. The van der Waals surface area contributed by atoms with Gasteiger partial charge in [-0.1, -0.05) is 0 Å². The second kappa shape index (κ2) is 2.04. The molecule has 4 heteroatoms. The molecule has 8 radical (unpaired) electrons. The van der Waals surface area contributed by atoms with Crippen LogP contribution in [0.25, 0.3) is 0 Å². The van der Waals surface area contributed by atoms with Crippen LogP contribution in [0.5, 0.6) is 0 Å². The minimum absolute atomic E-state index is 0.941. The summed E-state index contributed by atoms with van der Waals surface area (Å²) in [6.45, 7) is 0. The van der Waals surface area contributed by atoms with Crippen molar-refractivity contribution in [2.45, 2.75) is 0 Å². The fraction of sp³-hybridized carbons (Fsp3) is 0. The summed E-state index contributed by atoms with van der Waals surface area (Å²) in [5.41, 5.74) is 0. The SMILES string of the molecule is [Si][C]1P[C]([Si])P1. The number of rotatable bonds is 0. The van der Waals surface area contributed by atoms with E-state index < -0.39 is 0 Å². The lowest BCUT2D eigenvalue weighted by molar-refractivity contribution is 2.13. The van der Waals surface area contributed by atoms with Gasteiger partial charge in [0, 0.05) is 30.5 Å². The summed E-state index contributed by atoms with van der Waals surface area (Å²) in [7, 11) is 8.75. The van der Waals surface area contributed by atoms with E-state index in [-0.39, 0.29) is 0 Å². The minimum Gasteiger partial charge on any atom is -0.107 e. The van der Waals surface area contributed by atoms with Gasteiger partial charge in [-0.05, 0) is 0 Å². The third-order valence-electron chi connectivity index (χ3n) is 0.500. The maximum Gasteiger partial charge on any atom is 0.0448 e. The predicted molar refractivity (Wildman–Crippen MR) is 34.6 cm³/mol. The minimum atomic E-state index is 0.941. The van der Waals surface area contributed by atoms with Crippen molar-refractivity contribution in [2.75, 3.05) is 0 Å². The average molecular weight is 144 g/mol. The van der Waals surface area contributed by atoms with Gasteiger partial charge in [0.1, 0.15) is 0 Å². The van der Waals surface area contributed by atoms with Gasteiger partial charge in [0.15, 0.2) is 0 Å². The van der Waals surface area contributed by atoms with Gasteiger partial charge in [0.2, 0.25) is 0 Å². The first-order valence-corrected chi connectivity index (χ1v) is 4.50. The molecule has 28 valence electrons. The van der Waals surface area contributed by atoms with Gasteiger partial charge >= 0.3 is 0 Å². The Morgan fingerprint density at radius 2 is 1.33 bits per heavy atom. The fourth-order valence-corrected chi connectivity index (χ4v) is 5.62. The number of hydrogen-bond acceptors (Lipinski definition) is 0. The molecular weight excluding hydrogens is 142 g/mol. The lowest BCUT2D eigenvalue weighted by Gasteiger charge is -2.27. The molecule has 0 aromatic rings. The summed E-state index contributed by atoms with van der Waals surface area (Å²) >= 11 is 0. The molecule has 1 rings (SSSR count). The van der Waals surface area contributed by atoms with Crippen molar-refractivity contribution < 1.29 is 0 Å². The van der Waals surface area contributed by atoms with Crippen molar-refractivity contribution in [3.63, 3.8) is 0 Å². The first kappa shape index (κ1) is 5.43. The molecule has 0 aliphatic carbocycles. The molecule has 0 amide bonds. The van der Waals surface area contributed by atoms with Crippen molar-refractivity contribution in [3.05, 3.63) is 10.0 Å². The summed E-state index contributed by atoms with van der Waals surface area (Å²) in [6.07, 6.45) is 0. The van der Waals surface area contributed by atoms with Gasteiger partial charge in [-0.3, -0.25) is 0 Å². The van der Waals surface area contributed by atoms with Crippen LogP contribution in [0.3, 0.4) is 0 Å². The maximum atomic E-state index is 3.43. The van der Waals surface area contributed by atoms with Crippen LogP contribution in [0.2, 0.25) is 0 Å². The van der Waals surface area contributed by atoms with Gasteiger partial charge in [-0.25, -0.2) is 0 Å². The summed E-state index contributed by atoms with van der Waals surface area (Å²) in [5.74, 6) is 0. The topological polar surface area (TPSA) is 0 Å². The maximum absolute atomic E-state index is 3.43. The zero-order chi connectivity index (χ0) is 4.57.